The lowest BCUT2D eigenvalue weighted by atomic mass is 10.3. The molecule has 0 aliphatic carbocycles. The number of rotatable bonds is 5. The van der Waals surface area contributed by atoms with E-state index in [0.29, 0.717) is 5.75 Å². The van der Waals surface area contributed by atoms with Crippen molar-refractivity contribution < 1.29 is 22.7 Å². The first kappa shape index (κ1) is 13.6. The maximum absolute atomic E-state index is 11.7. The molecule has 0 saturated carbocycles. The summed E-state index contributed by atoms with van der Waals surface area (Å²) in [6.45, 7) is 1.62. The van der Waals surface area contributed by atoms with Gasteiger partial charge in [0.05, 0.1) is 12.4 Å². The van der Waals surface area contributed by atoms with Crippen LogP contribution in [-0.4, -0.2) is 30.3 Å². The van der Waals surface area contributed by atoms with Gasteiger partial charge in [0.15, 0.2) is 0 Å². The van der Waals surface area contributed by atoms with Crippen LogP contribution >= 0.6 is 11.8 Å². The fourth-order valence-corrected chi connectivity index (χ4v) is 1.66. The molecule has 0 amide bonds. The van der Waals surface area contributed by atoms with Crippen molar-refractivity contribution in [1.29, 1.82) is 0 Å². The first-order valence-electron chi connectivity index (χ1n) is 4.13. The molecule has 14 heavy (non-hydrogen) atoms. The van der Waals surface area contributed by atoms with E-state index in [1.165, 1.54) is 18.9 Å². The Labute approximate surface area is 85.2 Å². The zero-order valence-corrected chi connectivity index (χ0v) is 8.87. The standard InChI is InChI=1S/C8H13F3O2S/c1-6(7(12)13-2)14-5-3-4-8(9,10)11/h6H,3-5H2,1-2H3. The Bertz CT molecular complexity index is 182. The Kier molecular flexibility index (Phi) is 5.99. The third-order valence-electron chi connectivity index (χ3n) is 1.51. The van der Waals surface area contributed by atoms with Crippen molar-refractivity contribution in [2.24, 2.45) is 0 Å². The Balaban J connectivity index is 3.50. The molecule has 0 aliphatic rings. The van der Waals surface area contributed by atoms with Crippen LogP contribution in [0.4, 0.5) is 13.2 Å². The van der Waals surface area contributed by atoms with E-state index in [-0.39, 0.29) is 6.42 Å². The zero-order valence-electron chi connectivity index (χ0n) is 8.06. The maximum atomic E-state index is 11.7. The van der Waals surface area contributed by atoms with Gasteiger partial charge < -0.3 is 4.74 Å². The third kappa shape index (κ3) is 7.06. The largest absolute Gasteiger partial charge is 0.468 e. The van der Waals surface area contributed by atoms with Gasteiger partial charge >= 0.3 is 12.1 Å². The van der Waals surface area contributed by atoms with Gasteiger partial charge in [0, 0.05) is 6.42 Å². The van der Waals surface area contributed by atoms with Crippen LogP contribution in [0.25, 0.3) is 0 Å². The number of hydrogen-bond acceptors (Lipinski definition) is 3. The highest BCUT2D eigenvalue weighted by Crippen LogP contribution is 2.23. The Morgan fingerprint density at radius 1 is 1.50 bits per heavy atom. The molecule has 0 fully saturated rings. The lowest BCUT2D eigenvalue weighted by molar-refractivity contribution is -0.139. The molecule has 0 rings (SSSR count). The maximum Gasteiger partial charge on any atom is 0.389 e. The SMILES string of the molecule is COC(=O)C(C)SCCCC(F)(F)F. The minimum atomic E-state index is -4.10. The second-order valence-electron chi connectivity index (χ2n) is 2.75. The van der Waals surface area contributed by atoms with E-state index in [1.807, 2.05) is 0 Å². The summed E-state index contributed by atoms with van der Waals surface area (Å²) in [6.07, 6.45) is -4.86. The van der Waals surface area contributed by atoms with Crippen molar-refractivity contribution in [3.8, 4) is 0 Å². The van der Waals surface area contributed by atoms with Crippen LogP contribution in [0.15, 0.2) is 0 Å². The van der Waals surface area contributed by atoms with E-state index >= 15 is 0 Å². The quantitative estimate of drug-likeness (QED) is 0.536. The molecular weight excluding hydrogens is 217 g/mol. The fraction of sp³-hybridized carbons (Fsp3) is 0.875. The summed E-state index contributed by atoms with van der Waals surface area (Å²) in [5.74, 6) is -0.0857. The van der Waals surface area contributed by atoms with Crippen molar-refractivity contribution in [1.82, 2.24) is 0 Å². The van der Waals surface area contributed by atoms with E-state index in [2.05, 4.69) is 4.74 Å². The molecule has 1 unspecified atom stereocenters. The molecule has 0 aliphatic heterocycles. The van der Waals surface area contributed by atoms with Crippen LogP contribution < -0.4 is 0 Å². The summed E-state index contributed by atoms with van der Waals surface area (Å²) < 4.78 is 39.5. The number of methoxy groups -OCH3 is 1. The van der Waals surface area contributed by atoms with Gasteiger partial charge in [-0.15, -0.1) is 11.8 Å². The Morgan fingerprint density at radius 3 is 2.50 bits per heavy atom. The molecular formula is C8H13F3O2S. The highest BCUT2D eigenvalue weighted by atomic mass is 32.2. The average Bonchev–Trinajstić information content (AvgIpc) is 2.09. The average molecular weight is 230 g/mol. The highest BCUT2D eigenvalue weighted by Gasteiger charge is 2.26. The molecule has 0 heterocycles. The van der Waals surface area contributed by atoms with E-state index in [0.717, 1.165) is 0 Å². The van der Waals surface area contributed by atoms with Crippen LogP contribution in [0.1, 0.15) is 19.8 Å². The van der Waals surface area contributed by atoms with Gasteiger partial charge in [0.25, 0.3) is 0 Å². The van der Waals surface area contributed by atoms with E-state index in [9.17, 15) is 18.0 Å². The molecule has 0 aromatic rings. The summed E-state index contributed by atoms with van der Waals surface area (Å²) in [4.78, 5) is 10.8. The number of carbonyl (C=O) groups is 1. The van der Waals surface area contributed by atoms with E-state index in [1.54, 1.807) is 6.92 Å². The number of alkyl halides is 3. The first-order valence-corrected chi connectivity index (χ1v) is 5.18. The summed E-state index contributed by atoms with van der Waals surface area (Å²) in [7, 11) is 1.26. The van der Waals surface area contributed by atoms with Crippen LogP contribution in [0.3, 0.4) is 0 Å². The summed E-state index contributed by atoms with van der Waals surface area (Å²) in [5.41, 5.74) is 0. The predicted molar refractivity (Wildman–Crippen MR) is 49.2 cm³/mol. The smallest absolute Gasteiger partial charge is 0.389 e. The van der Waals surface area contributed by atoms with Crippen LogP contribution in [0, 0.1) is 0 Å². The second kappa shape index (κ2) is 6.16. The number of hydrogen-bond donors (Lipinski definition) is 0. The molecule has 0 spiro atoms. The molecule has 0 bridgehead atoms. The first-order chi connectivity index (χ1) is 6.37. The number of thioether (sulfide) groups is 1. The number of esters is 1. The van der Waals surface area contributed by atoms with E-state index < -0.39 is 23.8 Å². The Morgan fingerprint density at radius 2 is 2.07 bits per heavy atom. The molecule has 1 atom stereocenters. The van der Waals surface area contributed by atoms with Crippen LogP contribution in [-0.2, 0) is 9.53 Å². The minimum Gasteiger partial charge on any atom is -0.468 e. The van der Waals surface area contributed by atoms with Crippen LogP contribution in [0.5, 0.6) is 0 Å². The molecule has 2 nitrogen and oxygen atoms in total. The lowest BCUT2D eigenvalue weighted by Crippen LogP contribution is -2.15. The van der Waals surface area contributed by atoms with Crippen molar-refractivity contribution >= 4 is 17.7 Å². The van der Waals surface area contributed by atoms with Gasteiger partial charge in [-0.3, -0.25) is 4.79 Å². The minimum absolute atomic E-state index is 0.0372. The summed E-state index contributed by atoms with van der Waals surface area (Å²) in [6, 6.07) is 0. The molecule has 0 aromatic carbocycles. The van der Waals surface area contributed by atoms with Gasteiger partial charge in [-0.1, -0.05) is 0 Å². The van der Waals surface area contributed by atoms with Gasteiger partial charge in [-0.25, -0.2) is 0 Å². The third-order valence-corrected chi connectivity index (χ3v) is 2.72. The number of ether oxygens (including phenoxy) is 1. The summed E-state index contributed by atoms with van der Waals surface area (Å²) >= 11 is 1.18. The van der Waals surface area contributed by atoms with Gasteiger partial charge in [0.2, 0.25) is 0 Å². The van der Waals surface area contributed by atoms with Crippen molar-refractivity contribution in [2.45, 2.75) is 31.2 Å². The molecule has 84 valence electrons. The van der Waals surface area contributed by atoms with Crippen molar-refractivity contribution in [2.75, 3.05) is 12.9 Å². The van der Waals surface area contributed by atoms with Crippen molar-refractivity contribution in [3.63, 3.8) is 0 Å². The Hall–Kier alpha value is -0.390. The van der Waals surface area contributed by atoms with Crippen LogP contribution in [0.2, 0.25) is 0 Å². The molecule has 0 saturated heterocycles. The topological polar surface area (TPSA) is 26.3 Å². The van der Waals surface area contributed by atoms with E-state index in [4.69, 9.17) is 0 Å². The molecule has 0 radical (unpaired) electrons. The van der Waals surface area contributed by atoms with Gasteiger partial charge in [-0.05, 0) is 19.1 Å². The number of carbonyl (C=O) groups excluding carboxylic acids is 1. The molecule has 0 N–H and O–H groups in total. The molecule has 6 heteroatoms. The fourth-order valence-electron chi connectivity index (χ4n) is 0.767. The predicted octanol–water partition coefficient (Wildman–Crippen LogP) is 2.62. The van der Waals surface area contributed by atoms with Gasteiger partial charge in [-0.2, -0.15) is 13.2 Å². The normalized spacial score (nSPS) is 13.8. The highest BCUT2D eigenvalue weighted by molar-refractivity contribution is 8.00. The second-order valence-corrected chi connectivity index (χ2v) is 4.20. The lowest BCUT2D eigenvalue weighted by Gasteiger charge is -2.09. The summed E-state index contributed by atoms with van der Waals surface area (Å²) in [5, 5.41) is -0.395. The number of halogens is 3. The van der Waals surface area contributed by atoms with Crippen molar-refractivity contribution in [3.05, 3.63) is 0 Å². The van der Waals surface area contributed by atoms with Gasteiger partial charge in [0.1, 0.15) is 0 Å². The molecule has 0 aromatic heterocycles. The monoisotopic (exact) mass is 230 g/mol. The zero-order chi connectivity index (χ0) is 11.2.